The van der Waals surface area contributed by atoms with Gasteiger partial charge in [-0.1, -0.05) is 12.1 Å². The first-order valence-electron chi connectivity index (χ1n) is 3.44. The molecule has 0 fully saturated rings. The molecule has 1 rings (SSSR count). The molecule has 0 spiro atoms. The molecule has 0 saturated carbocycles. The number of rotatable bonds is 3. The van der Waals surface area contributed by atoms with Crippen molar-refractivity contribution in [2.75, 3.05) is 0 Å². The van der Waals surface area contributed by atoms with Crippen LogP contribution in [-0.2, 0) is 6.54 Å². The van der Waals surface area contributed by atoms with Crippen LogP contribution in [0, 0.1) is 0 Å². The highest BCUT2D eigenvalue weighted by atomic mass is 16.1. The van der Waals surface area contributed by atoms with Crippen molar-refractivity contribution in [3.05, 3.63) is 11.9 Å². The van der Waals surface area contributed by atoms with Gasteiger partial charge in [0, 0.05) is 6.54 Å². The fourth-order valence-corrected chi connectivity index (χ4v) is 0.825. The van der Waals surface area contributed by atoms with Crippen LogP contribution in [0.25, 0.3) is 0 Å². The summed E-state index contributed by atoms with van der Waals surface area (Å²) in [5.74, 6) is -0.483. The van der Waals surface area contributed by atoms with Crippen LogP contribution in [-0.4, -0.2) is 20.9 Å². The second-order valence-electron chi connectivity index (χ2n) is 2.21. The van der Waals surface area contributed by atoms with Crippen molar-refractivity contribution >= 4 is 5.91 Å². The van der Waals surface area contributed by atoms with E-state index < -0.39 is 5.91 Å². The van der Waals surface area contributed by atoms with Gasteiger partial charge in [0.05, 0.1) is 6.20 Å². The molecule has 0 bridgehead atoms. The average molecular weight is 154 g/mol. The molecule has 5 nitrogen and oxygen atoms in total. The first-order valence-corrected chi connectivity index (χ1v) is 3.44. The van der Waals surface area contributed by atoms with Crippen LogP contribution < -0.4 is 5.73 Å². The third kappa shape index (κ3) is 1.54. The third-order valence-corrected chi connectivity index (χ3v) is 1.31. The number of hydrogen-bond acceptors (Lipinski definition) is 3. The quantitative estimate of drug-likeness (QED) is 0.654. The monoisotopic (exact) mass is 154 g/mol. The minimum absolute atomic E-state index is 0.367. The van der Waals surface area contributed by atoms with E-state index in [9.17, 15) is 4.79 Å². The van der Waals surface area contributed by atoms with Gasteiger partial charge in [0.2, 0.25) is 0 Å². The van der Waals surface area contributed by atoms with Gasteiger partial charge in [-0.3, -0.25) is 4.79 Å². The summed E-state index contributed by atoms with van der Waals surface area (Å²) < 4.78 is 1.50. The summed E-state index contributed by atoms with van der Waals surface area (Å²) in [5, 5.41) is 7.27. The predicted octanol–water partition coefficient (Wildman–Crippen LogP) is -0.213. The summed E-state index contributed by atoms with van der Waals surface area (Å²) in [5.41, 5.74) is 5.42. The molecule has 60 valence electrons. The first-order chi connectivity index (χ1) is 5.25. The summed E-state index contributed by atoms with van der Waals surface area (Å²) in [7, 11) is 0. The second kappa shape index (κ2) is 3.14. The summed E-state index contributed by atoms with van der Waals surface area (Å²) in [4.78, 5) is 10.7. The van der Waals surface area contributed by atoms with E-state index in [0.29, 0.717) is 12.2 Å². The number of nitrogens with zero attached hydrogens (tertiary/aromatic N) is 3. The van der Waals surface area contributed by atoms with E-state index >= 15 is 0 Å². The van der Waals surface area contributed by atoms with Crippen molar-refractivity contribution in [1.82, 2.24) is 15.0 Å². The molecule has 5 heteroatoms. The van der Waals surface area contributed by atoms with E-state index in [1.807, 2.05) is 6.92 Å². The Morgan fingerprint density at radius 3 is 3.09 bits per heavy atom. The van der Waals surface area contributed by atoms with Gasteiger partial charge in [0.15, 0.2) is 0 Å². The second-order valence-corrected chi connectivity index (χ2v) is 2.21. The molecule has 0 atom stereocenters. The Morgan fingerprint density at radius 1 is 1.82 bits per heavy atom. The Morgan fingerprint density at radius 2 is 2.55 bits per heavy atom. The Kier molecular flexibility index (Phi) is 2.20. The van der Waals surface area contributed by atoms with Crippen molar-refractivity contribution in [2.24, 2.45) is 5.73 Å². The van der Waals surface area contributed by atoms with E-state index in [4.69, 9.17) is 5.73 Å². The van der Waals surface area contributed by atoms with Gasteiger partial charge < -0.3 is 5.73 Å². The maximum Gasteiger partial charge on any atom is 0.268 e. The molecule has 0 unspecified atom stereocenters. The van der Waals surface area contributed by atoms with Crippen LogP contribution in [0.2, 0.25) is 0 Å². The number of carbonyl (C=O) groups is 1. The SMILES string of the molecule is CCCn1nncc1C(N)=O. The lowest BCUT2D eigenvalue weighted by Crippen LogP contribution is -2.17. The Balaban J connectivity index is 2.87. The maximum absolute atomic E-state index is 10.7. The van der Waals surface area contributed by atoms with Gasteiger partial charge in [0.1, 0.15) is 5.69 Å². The average Bonchev–Trinajstić information content (AvgIpc) is 2.36. The number of nitrogens with two attached hydrogens (primary N) is 1. The molecule has 0 saturated heterocycles. The van der Waals surface area contributed by atoms with Crippen LogP contribution >= 0.6 is 0 Å². The van der Waals surface area contributed by atoms with E-state index in [1.54, 1.807) is 0 Å². The summed E-state index contributed by atoms with van der Waals surface area (Å²) in [6.07, 6.45) is 2.28. The highest BCUT2D eigenvalue weighted by Crippen LogP contribution is 1.95. The topological polar surface area (TPSA) is 73.8 Å². The molecule has 0 aliphatic rings. The lowest BCUT2D eigenvalue weighted by atomic mass is 10.4. The van der Waals surface area contributed by atoms with Crippen molar-refractivity contribution in [1.29, 1.82) is 0 Å². The fourth-order valence-electron chi connectivity index (χ4n) is 0.825. The Hall–Kier alpha value is -1.39. The molecule has 0 aromatic carbocycles. The molecular formula is C6H10N4O. The summed E-state index contributed by atoms with van der Waals surface area (Å²) >= 11 is 0. The Labute approximate surface area is 64.2 Å². The molecule has 1 aromatic rings. The zero-order chi connectivity index (χ0) is 8.27. The minimum atomic E-state index is -0.483. The number of aryl methyl sites for hydroxylation is 1. The van der Waals surface area contributed by atoms with Crippen molar-refractivity contribution in [2.45, 2.75) is 19.9 Å². The fraction of sp³-hybridized carbons (Fsp3) is 0.500. The standard InChI is InChI=1S/C6H10N4O/c1-2-3-10-5(6(7)11)4-8-9-10/h4H,2-3H2,1H3,(H2,7,11). The molecule has 0 aliphatic heterocycles. The molecule has 1 amide bonds. The van der Waals surface area contributed by atoms with Gasteiger partial charge >= 0.3 is 0 Å². The lowest BCUT2D eigenvalue weighted by molar-refractivity contribution is 0.0990. The van der Waals surface area contributed by atoms with Gasteiger partial charge in [-0.25, -0.2) is 4.68 Å². The number of carbonyl (C=O) groups excluding carboxylic acids is 1. The van der Waals surface area contributed by atoms with E-state index in [2.05, 4.69) is 10.3 Å². The van der Waals surface area contributed by atoms with Gasteiger partial charge in [-0.15, -0.1) is 5.10 Å². The molecular weight excluding hydrogens is 144 g/mol. The molecule has 0 radical (unpaired) electrons. The zero-order valence-electron chi connectivity index (χ0n) is 6.32. The number of hydrogen-bond donors (Lipinski definition) is 1. The van der Waals surface area contributed by atoms with Crippen molar-refractivity contribution in [3.63, 3.8) is 0 Å². The van der Waals surface area contributed by atoms with Crippen molar-refractivity contribution in [3.8, 4) is 0 Å². The normalized spacial score (nSPS) is 9.91. The van der Waals surface area contributed by atoms with Gasteiger partial charge in [0.25, 0.3) is 5.91 Å². The number of primary amides is 1. The predicted molar refractivity (Wildman–Crippen MR) is 38.8 cm³/mol. The summed E-state index contributed by atoms with van der Waals surface area (Å²) in [6, 6.07) is 0. The Bertz CT molecular complexity index is 255. The highest BCUT2D eigenvalue weighted by molar-refractivity contribution is 5.90. The van der Waals surface area contributed by atoms with Gasteiger partial charge in [-0.2, -0.15) is 0 Å². The minimum Gasteiger partial charge on any atom is -0.364 e. The summed E-state index contributed by atoms with van der Waals surface area (Å²) in [6.45, 7) is 2.67. The highest BCUT2D eigenvalue weighted by Gasteiger charge is 2.07. The number of aromatic nitrogens is 3. The van der Waals surface area contributed by atoms with Crippen molar-refractivity contribution < 1.29 is 4.79 Å². The molecule has 2 N–H and O–H groups in total. The largest absolute Gasteiger partial charge is 0.364 e. The van der Waals surface area contributed by atoms with E-state index in [-0.39, 0.29) is 0 Å². The lowest BCUT2D eigenvalue weighted by Gasteiger charge is -1.98. The first kappa shape index (κ1) is 7.71. The van der Waals surface area contributed by atoms with Crippen LogP contribution in [0.1, 0.15) is 23.8 Å². The van der Waals surface area contributed by atoms with Crippen LogP contribution in [0.4, 0.5) is 0 Å². The third-order valence-electron chi connectivity index (χ3n) is 1.31. The van der Waals surface area contributed by atoms with Gasteiger partial charge in [-0.05, 0) is 6.42 Å². The molecule has 1 aromatic heterocycles. The molecule has 11 heavy (non-hydrogen) atoms. The van der Waals surface area contributed by atoms with E-state index in [0.717, 1.165) is 6.42 Å². The van der Waals surface area contributed by atoms with Crippen LogP contribution in [0.15, 0.2) is 6.20 Å². The smallest absolute Gasteiger partial charge is 0.268 e. The zero-order valence-corrected chi connectivity index (χ0v) is 6.32. The maximum atomic E-state index is 10.7. The number of amides is 1. The van der Waals surface area contributed by atoms with E-state index in [1.165, 1.54) is 10.9 Å². The molecule has 0 aliphatic carbocycles. The van der Waals surface area contributed by atoms with Crippen LogP contribution in [0.5, 0.6) is 0 Å². The van der Waals surface area contributed by atoms with Crippen LogP contribution in [0.3, 0.4) is 0 Å². The molecule has 1 heterocycles.